The summed E-state index contributed by atoms with van der Waals surface area (Å²) in [5.74, 6) is 0.234. The van der Waals surface area contributed by atoms with Crippen molar-refractivity contribution >= 4 is 34.3 Å². The second kappa shape index (κ2) is 10.1. The number of aromatic nitrogens is 3. The summed E-state index contributed by atoms with van der Waals surface area (Å²) in [5, 5.41) is 7.73. The van der Waals surface area contributed by atoms with E-state index >= 15 is 0 Å². The number of anilines is 3. The van der Waals surface area contributed by atoms with Gasteiger partial charge < -0.3 is 26.7 Å². The molecule has 0 unspecified atom stereocenters. The molecule has 6 N–H and O–H groups in total. The van der Waals surface area contributed by atoms with Gasteiger partial charge in [0.1, 0.15) is 11.4 Å². The van der Waals surface area contributed by atoms with Gasteiger partial charge in [-0.25, -0.2) is 4.98 Å². The Bertz CT molecular complexity index is 1320. The number of hydrogen-bond acceptors (Lipinski definition) is 6. The zero-order valence-corrected chi connectivity index (χ0v) is 19.7. The van der Waals surface area contributed by atoms with Crippen molar-refractivity contribution < 1.29 is 4.79 Å². The summed E-state index contributed by atoms with van der Waals surface area (Å²) in [6, 6.07) is 18.8. The van der Waals surface area contributed by atoms with E-state index in [2.05, 4.69) is 67.8 Å². The first-order chi connectivity index (χ1) is 17.1. The molecule has 35 heavy (non-hydrogen) atoms. The fourth-order valence-corrected chi connectivity index (χ4v) is 4.78. The first-order valence-electron chi connectivity index (χ1n) is 12.2. The maximum absolute atomic E-state index is 12.1. The second-order valence-corrected chi connectivity index (χ2v) is 9.13. The van der Waals surface area contributed by atoms with Gasteiger partial charge in [-0.05, 0) is 43.0 Å². The van der Waals surface area contributed by atoms with Gasteiger partial charge in [-0.3, -0.25) is 4.79 Å². The topological polar surface area (TPSA) is 124 Å². The summed E-state index contributed by atoms with van der Waals surface area (Å²) in [6.45, 7) is 0.868. The first kappa shape index (κ1) is 22.9. The van der Waals surface area contributed by atoms with Crippen molar-refractivity contribution in [1.82, 2.24) is 14.5 Å². The third-order valence-corrected chi connectivity index (χ3v) is 6.74. The van der Waals surface area contributed by atoms with E-state index in [9.17, 15) is 4.79 Å². The van der Waals surface area contributed by atoms with E-state index in [-0.39, 0.29) is 17.6 Å². The summed E-state index contributed by atoms with van der Waals surface area (Å²) >= 11 is 0. The summed E-state index contributed by atoms with van der Waals surface area (Å²) in [7, 11) is 0. The molecule has 2 aromatic heterocycles. The van der Waals surface area contributed by atoms with Gasteiger partial charge in [-0.2, -0.15) is 4.98 Å². The number of hydrogen-bond donors (Lipinski definition) is 4. The maximum Gasteiger partial charge on any atom is 0.254 e. The van der Waals surface area contributed by atoms with E-state index in [4.69, 9.17) is 11.5 Å². The van der Waals surface area contributed by atoms with E-state index in [1.165, 1.54) is 11.8 Å². The predicted octanol–water partition coefficient (Wildman–Crippen LogP) is 4.20. The van der Waals surface area contributed by atoms with Crippen molar-refractivity contribution in [2.24, 2.45) is 11.5 Å². The number of fused-ring (bicyclic) bond motifs is 1. The van der Waals surface area contributed by atoms with Crippen molar-refractivity contribution in [3.05, 3.63) is 78.1 Å². The lowest BCUT2D eigenvalue weighted by Gasteiger charge is -2.29. The van der Waals surface area contributed by atoms with Gasteiger partial charge in [0.15, 0.2) is 0 Å². The lowest BCUT2D eigenvalue weighted by Crippen LogP contribution is -2.43. The molecule has 1 saturated carbocycles. The van der Waals surface area contributed by atoms with E-state index < -0.39 is 5.91 Å². The monoisotopic (exact) mass is 469 g/mol. The smallest absolute Gasteiger partial charge is 0.254 e. The number of nitrogens with one attached hydrogen (secondary N) is 2. The molecule has 0 aliphatic heterocycles. The highest BCUT2D eigenvalue weighted by Gasteiger charge is 2.23. The molecule has 8 heteroatoms. The Labute approximate surface area is 204 Å². The molecule has 1 aliphatic carbocycles. The minimum Gasteiger partial charge on any atom is -0.365 e. The van der Waals surface area contributed by atoms with Crippen LogP contribution < -0.4 is 22.1 Å². The molecule has 2 atom stereocenters. The lowest BCUT2D eigenvalue weighted by atomic mass is 9.91. The van der Waals surface area contributed by atoms with Crippen LogP contribution in [0.2, 0.25) is 0 Å². The number of carbonyl (C=O) groups excluding carboxylic acids is 1. The van der Waals surface area contributed by atoms with Crippen molar-refractivity contribution in [3.8, 4) is 0 Å². The molecule has 2 heterocycles. The van der Waals surface area contributed by atoms with Gasteiger partial charge in [0, 0.05) is 42.1 Å². The summed E-state index contributed by atoms with van der Waals surface area (Å²) in [5.41, 5.74) is 15.4. The standard InChI is InChI=1S/C27H31N7O/c28-21-9-4-5-10-23(21)32-27-30-17-20(25(29)35)26(33-27)31-22-11-6-12-24-19(22)14-16-34(24)15-13-18-7-2-1-3-8-18/h1-3,6-8,11-12,14,16-17,21,23H,4-5,9-10,13,15,28H2,(H2,29,35)(H2,30,31,32,33)/t21-,23+/m0/s1. The molecule has 5 rings (SSSR count). The Hall–Kier alpha value is -3.91. The quantitative estimate of drug-likeness (QED) is 0.307. The average molecular weight is 470 g/mol. The Morgan fingerprint density at radius 1 is 1.06 bits per heavy atom. The van der Waals surface area contributed by atoms with Crippen molar-refractivity contribution in [2.45, 2.75) is 50.7 Å². The van der Waals surface area contributed by atoms with Gasteiger partial charge in [0.25, 0.3) is 5.91 Å². The van der Waals surface area contributed by atoms with Crippen LogP contribution in [-0.4, -0.2) is 32.5 Å². The van der Waals surface area contributed by atoms with Gasteiger partial charge in [0.2, 0.25) is 5.95 Å². The van der Waals surface area contributed by atoms with E-state index in [0.29, 0.717) is 11.8 Å². The fourth-order valence-electron chi connectivity index (χ4n) is 4.78. The SMILES string of the molecule is NC(=O)c1cnc(N[C@@H]2CCCC[C@@H]2N)nc1Nc1cccc2c1ccn2CCc1ccccc1. The second-order valence-electron chi connectivity index (χ2n) is 9.13. The molecular formula is C27H31N7O. The molecule has 2 aromatic carbocycles. The van der Waals surface area contributed by atoms with Gasteiger partial charge in [-0.1, -0.05) is 49.2 Å². The van der Waals surface area contributed by atoms with Crippen LogP contribution in [0, 0.1) is 0 Å². The van der Waals surface area contributed by atoms with Crippen LogP contribution in [0.4, 0.5) is 17.5 Å². The number of rotatable bonds is 8. The third kappa shape index (κ3) is 5.12. The van der Waals surface area contributed by atoms with Gasteiger partial charge in [0.05, 0.1) is 5.52 Å². The van der Waals surface area contributed by atoms with Crippen LogP contribution in [0.15, 0.2) is 67.0 Å². The van der Waals surface area contributed by atoms with E-state index in [0.717, 1.165) is 55.2 Å². The summed E-state index contributed by atoms with van der Waals surface area (Å²) in [4.78, 5) is 21.0. The molecule has 1 aliphatic rings. The summed E-state index contributed by atoms with van der Waals surface area (Å²) < 4.78 is 2.24. The number of carbonyl (C=O) groups is 1. The largest absolute Gasteiger partial charge is 0.365 e. The minimum absolute atomic E-state index is 0.0592. The zero-order valence-electron chi connectivity index (χ0n) is 19.7. The Morgan fingerprint density at radius 3 is 2.69 bits per heavy atom. The molecule has 1 amide bonds. The Morgan fingerprint density at radius 2 is 1.89 bits per heavy atom. The molecule has 1 fully saturated rings. The number of aryl methyl sites for hydroxylation is 2. The molecule has 4 aromatic rings. The maximum atomic E-state index is 12.1. The van der Waals surface area contributed by atoms with Crippen LogP contribution in [-0.2, 0) is 13.0 Å². The lowest BCUT2D eigenvalue weighted by molar-refractivity contribution is 0.100. The van der Waals surface area contributed by atoms with Crippen LogP contribution in [0.5, 0.6) is 0 Å². The number of primary amides is 1. The normalized spacial score (nSPS) is 17.9. The number of nitrogens with two attached hydrogens (primary N) is 2. The van der Waals surface area contributed by atoms with Crippen LogP contribution >= 0.6 is 0 Å². The zero-order chi connectivity index (χ0) is 24.2. The minimum atomic E-state index is -0.582. The Balaban J connectivity index is 1.40. The van der Waals surface area contributed by atoms with Crippen molar-refractivity contribution in [1.29, 1.82) is 0 Å². The average Bonchev–Trinajstić information content (AvgIpc) is 3.29. The van der Waals surface area contributed by atoms with Crippen molar-refractivity contribution in [3.63, 3.8) is 0 Å². The number of benzene rings is 2. The van der Waals surface area contributed by atoms with E-state index in [1.807, 2.05) is 18.2 Å². The fraction of sp³-hybridized carbons (Fsp3) is 0.296. The highest BCUT2D eigenvalue weighted by molar-refractivity contribution is 6.00. The predicted molar refractivity (Wildman–Crippen MR) is 140 cm³/mol. The molecule has 0 radical (unpaired) electrons. The highest BCUT2D eigenvalue weighted by atomic mass is 16.1. The van der Waals surface area contributed by atoms with Crippen LogP contribution in [0.25, 0.3) is 10.9 Å². The molecule has 8 nitrogen and oxygen atoms in total. The van der Waals surface area contributed by atoms with Gasteiger partial charge in [-0.15, -0.1) is 0 Å². The molecular weight excluding hydrogens is 438 g/mol. The van der Waals surface area contributed by atoms with Crippen LogP contribution in [0.1, 0.15) is 41.6 Å². The summed E-state index contributed by atoms with van der Waals surface area (Å²) in [6.07, 6.45) is 8.72. The molecule has 0 spiro atoms. The Kier molecular flexibility index (Phi) is 6.63. The van der Waals surface area contributed by atoms with E-state index in [1.54, 1.807) is 0 Å². The highest BCUT2D eigenvalue weighted by Crippen LogP contribution is 2.29. The van der Waals surface area contributed by atoms with Crippen molar-refractivity contribution in [2.75, 3.05) is 10.6 Å². The third-order valence-electron chi connectivity index (χ3n) is 6.74. The number of nitrogens with zero attached hydrogens (tertiary/aromatic N) is 3. The molecule has 180 valence electrons. The number of amides is 1. The molecule has 0 saturated heterocycles. The van der Waals surface area contributed by atoms with Crippen LogP contribution in [0.3, 0.4) is 0 Å². The molecule has 0 bridgehead atoms. The van der Waals surface area contributed by atoms with Gasteiger partial charge >= 0.3 is 0 Å². The first-order valence-corrected chi connectivity index (χ1v) is 12.2.